The number of urea groups is 1. The van der Waals surface area contributed by atoms with Crippen LogP contribution < -0.4 is 10.6 Å². The quantitative estimate of drug-likeness (QED) is 0.795. The third kappa shape index (κ3) is 4.00. The topological polar surface area (TPSA) is 104 Å². The Morgan fingerprint density at radius 1 is 1.19 bits per heavy atom. The molecule has 1 aromatic carbocycles. The highest BCUT2D eigenvalue weighted by Crippen LogP contribution is 2.14. The van der Waals surface area contributed by atoms with Gasteiger partial charge in [0.25, 0.3) is 0 Å². The van der Waals surface area contributed by atoms with Crippen molar-refractivity contribution in [3.8, 4) is 0 Å². The number of nitrogens with one attached hydrogen (secondary N) is 2. The van der Waals surface area contributed by atoms with Crippen LogP contribution in [0.4, 0.5) is 10.5 Å². The summed E-state index contributed by atoms with van der Waals surface area (Å²) < 4.78 is 0. The second-order valence-corrected chi connectivity index (χ2v) is 4.31. The number of carbonyl (C=O) groups excluding carboxylic acids is 1. The molecule has 1 aromatic heterocycles. The Hall–Kier alpha value is -2.96. The Morgan fingerprint density at radius 3 is 2.62 bits per heavy atom. The lowest BCUT2D eigenvalue weighted by Gasteiger charge is -2.09. The van der Waals surface area contributed by atoms with Gasteiger partial charge >= 0.3 is 12.0 Å². The summed E-state index contributed by atoms with van der Waals surface area (Å²) in [4.78, 5) is 31.0. The van der Waals surface area contributed by atoms with Crippen molar-refractivity contribution in [2.24, 2.45) is 0 Å². The van der Waals surface area contributed by atoms with E-state index in [9.17, 15) is 9.59 Å². The van der Waals surface area contributed by atoms with Crippen LogP contribution in [0.25, 0.3) is 0 Å². The van der Waals surface area contributed by atoms with Crippen molar-refractivity contribution >= 4 is 17.7 Å². The Balaban J connectivity index is 1.96. The molecule has 1 heterocycles. The van der Waals surface area contributed by atoms with Gasteiger partial charge in [-0.3, -0.25) is 9.97 Å². The first-order chi connectivity index (χ1) is 10.1. The fourth-order valence-corrected chi connectivity index (χ4v) is 1.63. The highest BCUT2D eigenvalue weighted by atomic mass is 16.4. The lowest BCUT2D eigenvalue weighted by Crippen LogP contribution is -2.29. The Kier molecular flexibility index (Phi) is 4.45. The largest absolute Gasteiger partial charge is 0.478 e. The van der Waals surface area contributed by atoms with Gasteiger partial charge in [0, 0.05) is 6.20 Å². The number of benzene rings is 1. The zero-order chi connectivity index (χ0) is 15.2. The molecule has 0 aliphatic carbocycles. The van der Waals surface area contributed by atoms with Crippen molar-refractivity contribution in [1.82, 2.24) is 15.3 Å². The van der Waals surface area contributed by atoms with E-state index in [0.717, 1.165) is 5.69 Å². The number of rotatable bonds is 4. The van der Waals surface area contributed by atoms with Crippen molar-refractivity contribution in [2.45, 2.75) is 13.5 Å². The molecule has 0 radical (unpaired) electrons. The average molecular weight is 286 g/mol. The molecule has 2 amide bonds. The molecule has 0 spiro atoms. The van der Waals surface area contributed by atoms with Gasteiger partial charge in [-0.25, -0.2) is 9.59 Å². The highest BCUT2D eigenvalue weighted by Gasteiger charge is 2.11. The second-order valence-electron chi connectivity index (χ2n) is 4.31. The molecule has 0 bridgehead atoms. The Morgan fingerprint density at radius 2 is 1.95 bits per heavy atom. The molecule has 2 rings (SSSR count). The molecule has 2 aromatic rings. The van der Waals surface area contributed by atoms with Crippen molar-refractivity contribution in [3.63, 3.8) is 0 Å². The number of carboxylic acid groups (broad SMARTS) is 1. The van der Waals surface area contributed by atoms with Crippen LogP contribution in [0, 0.1) is 6.92 Å². The van der Waals surface area contributed by atoms with E-state index in [4.69, 9.17) is 5.11 Å². The van der Waals surface area contributed by atoms with Crippen molar-refractivity contribution < 1.29 is 14.7 Å². The maximum atomic E-state index is 11.8. The van der Waals surface area contributed by atoms with E-state index in [2.05, 4.69) is 20.6 Å². The lowest BCUT2D eigenvalue weighted by atomic mass is 10.2. The number of nitrogens with zero attached hydrogens (tertiary/aromatic N) is 2. The summed E-state index contributed by atoms with van der Waals surface area (Å²) in [5.74, 6) is -1.10. The van der Waals surface area contributed by atoms with E-state index < -0.39 is 12.0 Å². The van der Waals surface area contributed by atoms with Crippen molar-refractivity contribution in [3.05, 3.63) is 53.6 Å². The van der Waals surface area contributed by atoms with Crippen molar-refractivity contribution in [1.29, 1.82) is 0 Å². The molecule has 0 atom stereocenters. The minimum Gasteiger partial charge on any atom is -0.478 e. The Bertz CT molecular complexity index is 656. The summed E-state index contributed by atoms with van der Waals surface area (Å²) >= 11 is 0. The van der Waals surface area contributed by atoms with E-state index in [1.54, 1.807) is 24.5 Å². The van der Waals surface area contributed by atoms with Crippen LogP contribution in [0.1, 0.15) is 21.7 Å². The summed E-state index contributed by atoms with van der Waals surface area (Å²) in [6, 6.07) is 5.67. The monoisotopic (exact) mass is 286 g/mol. The molecule has 0 aliphatic rings. The van der Waals surface area contributed by atoms with Crippen LogP contribution >= 0.6 is 0 Å². The number of para-hydroxylation sites is 1. The summed E-state index contributed by atoms with van der Waals surface area (Å²) in [5.41, 5.74) is 1.67. The molecule has 7 nitrogen and oxygen atoms in total. The predicted octanol–water partition coefficient (Wildman–Crippen LogP) is 1.80. The van der Waals surface area contributed by atoms with Gasteiger partial charge < -0.3 is 15.7 Å². The van der Waals surface area contributed by atoms with Crippen LogP contribution in [-0.4, -0.2) is 27.1 Å². The summed E-state index contributed by atoms with van der Waals surface area (Å²) in [5, 5.41) is 14.1. The van der Waals surface area contributed by atoms with Gasteiger partial charge in [-0.05, 0) is 19.1 Å². The number of carboxylic acids is 1. The zero-order valence-electron chi connectivity index (χ0n) is 11.3. The van der Waals surface area contributed by atoms with Crippen LogP contribution in [0.5, 0.6) is 0 Å². The number of hydrogen-bond acceptors (Lipinski definition) is 4. The summed E-state index contributed by atoms with van der Waals surface area (Å²) in [7, 11) is 0. The van der Waals surface area contributed by atoms with Crippen LogP contribution in [-0.2, 0) is 6.54 Å². The predicted molar refractivity (Wildman–Crippen MR) is 76.0 cm³/mol. The molecule has 3 N–H and O–H groups in total. The molecular formula is C14H14N4O3. The van der Waals surface area contributed by atoms with E-state index >= 15 is 0 Å². The smallest absolute Gasteiger partial charge is 0.337 e. The van der Waals surface area contributed by atoms with Gasteiger partial charge in [0.05, 0.1) is 35.4 Å². The number of anilines is 1. The summed E-state index contributed by atoms with van der Waals surface area (Å²) in [6.07, 6.45) is 3.18. The van der Waals surface area contributed by atoms with Gasteiger partial charge in [-0.2, -0.15) is 0 Å². The molecule has 0 unspecified atom stereocenters. The fourth-order valence-electron chi connectivity index (χ4n) is 1.63. The highest BCUT2D eigenvalue weighted by molar-refractivity contribution is 5.99. The average Bonchev–Trinajstić information content (AvgIpc) is 2.47. The van der Waals surface area contributed by atoms with Gasteiger partial charge in [0.15, 0.2) is 0 Å². The maximum Gasteiger partial charge on any atom is 0.337 e. The second kappa shape index (κ2) is 6.47. The van der Waals surface area contributed by atoms with Crippen LogP contribution in [0.3, 0.4) is 0 Å². The van der Waals surface area contributed by atoms with Crippen LogP contribution in [0.2, 0.25) is 0 Å². The standard InChI is InChI=1S/C14H14N4O3/c1-9-6-16-10(7-15-9)8-17-14(21)18-12-5-3-2-4-11(12)13(19)20/h2-7H,8H2,1H3,(H,19,20)(H2,17,18,21). The number of amides is 2. The molecule has 7 heteroatoms. The number of hydrogen-bond donors (Lipinski definition) is 3. The molecule has 108 valence electrons. The molecule has 0 fully saturated rings. The van der Waals surface area contributed by atoms with Gasteiger partial charge in [-0.1, -0.05) is 12.1 Å². The first-order valence-electron chi connectivity index (χ1n) is 6.21. The van der Waals surface area contributed by atoms with E-state index in [1.807, 2.05) is 6.92 Å². The molecule has 0 saturated heterocycles. The number of aromatic nitrogens is 2. The van der Waals surface area contributed by atoms with E-state index in [1.165, 1.54) is 12.1 Å². The fraction of sp³-hybridized carbons (Fsp3) is 0.143. The lowest BCUT2D eigenvalue weighted by molar-refractivity contribution is 0.0698. The van der Waals surface area contributed by atoms with Crippen LogP contribution in [0.15, 0.2) is 36.7 Å². The molecule has 21 heavy (non-hydrogen) atoms. The van der Waals surface area contributed by atoms with Crippen molar-refractivity contribution in [2.75, 3.05) is 5.32 Å². The third-order valence-electron chi connectivity index (χ3n) is 2.67. The normalized spacial score (nSPS) is 9.95. The third-order valence-corrected chi connectivity index (χ3v) is 2.67. The van der Waals surface area contributed by atoms with Gasteiger partial charge in [-0.15, -0.1) is 0 Å². The zero-order valence-corrected chi connectivity index (χ0v) is 11.3. The minimum atomic E-state index is -1.10. The first-order valence-corrected chi connectivity index (χ1v) is 6.21. The maximum absolute atomic E-state index is 11.8. The Labute approximate surface area is 121 Å². The molecular weight excluding hydrogens is 272 g/mol. The van der Waals surface area contributed by atoms with E-state index in [-0.39, 0.29) is 17.8 Å². The number of carbonyl (C=O) groups is 2. The summed E-state index contributed by atoms with van der Waals surface area (Å²) in [6.45, 7) is 2.02. The number of aryl methyl sites for hydroxylation is 1. The molecule has 0 aliphatic heterocycles. The SMILES string of the molecule is Cc1cnc(CNC(=O)Nc2ccccc2C(=O)O)cn1. The number of aromatic carboxylic acids is 1. The minimum absolute atomic E-state index is 0.0303. The van der Waals surface area contributed by atoms with Gasteiger partial charge in [0.2, 0.25) is 0 Å². The van der Waals surface area contributed by atoms with E-state index in [0.29, 0.717) is 5.69 Å². The van der Waals surface area contributed by atoms with Gasteiger partial charge in [0.1, 0.15) is 0 Å². The first kappa shape index (κ1) is 14.4. The molecule has 0 saturated carbocycles.